The Kier molecular flexibility index (Phi) is 22.2. The monoisotopic (exact) mass is 859 g/mol. The van der Waals surface area contributed by atoms with E-state index in [1.54, 1.807) is 24.3 Å². The summed E-state index contributed by atoms with van der Waals surface area (Å²) in [6.45, 7) is 2.80. The van der Waals surface area contributed by atoms with Crippen LogP contribution in [0.3, 0.4) is 0 Å². The third-order valence-electron chi connectivity index (χ3n) is 9.89. The quantitative estimate of drug-likeness (QED) is 0.0311. The van der Waals surface area contributed by atoms with E-state index in [-0.39, 0.29) is 38.0 Å². The number of aryl methyl sites for hydroxylation is 1. The summed E-state index contributed by atoms with van der Waals surface area (Å²) in [6.07, 6.45) is 2.00. The van der Waals surface area contributed by atoms with Crippen molar-refractivity contribution in [2.24, 2.45) is 11.5 Å². The first kappa shape index (κ1) is 50.0. The molecule has 10 N–H and O–H groups in total. The lowest BCUT2D eigenvalue weighted by molar-refractivity contribution is -0.145. The lowest BCUT2D eigenvalue weighted by Crippen LogP contribution is -2.60. The van der Waals surface area contributed by atoms with Crippen LogP contribution in [0.25, 0.3) is 11.1 Å². The van der Waals surface area contributed by atoms with Gasteiger partial charge in [-0.3, -0.25) is 24.0 Å². The Hall–Kier alpha value is -6.33. The number of carbonyl (C=O) groups excluding carboxylic acids is 6. The summed E-state index contributed by atoms with van der Waals surface area (Å²) in [4.78, 5) is 89.9. The predicted molar refractivity (Wildman–Crippen MR) is 232 cm³/mol. The molecule has 0 radical (unpaired) electrons. The molecule has 0 unspecified atom stereocenters. The van der Waals surface area contributed by atoms with Gasteiger partial charge in [0, 0.05) is 18.5 Å². The molecule has 3 rings (SSSR count). The van der Waals surface area contributed by atoms with E-state index in [0.717, 1.165) is 43.1 Å². The zero-order valence-corrected chi connectivity index (χ0v) is 35.5. The summed E-state index contributed by atoms with van der Waals surface area (Å²) >= 11 is 0. The molecule has 0 fully saturated rings. The van der Waals surface area contributed by atoms with Crippen LogP contribution in [0.2, 0.25) is 0 Å². The smallest absolute Gasteiger partial charge is 0.407 e. The third-order valence-corrected chi connectivity index (χ3v) is 9.89. The highest BCUT2D eigenvalue weighted by molar-refractivity contribution is 5.99. The van der Waals surface area contributed by atoms with Gasteiger partial charge in [0.05, 0.1) is 7.11 Å². The number of carboxylic acids is 1. The van der Waals surface area contributed by atoms with Crippen molar-refractivity contribution in [2.45, 2.75) is 108 Å². The number of aliphatic carboxylic acids is 1. The molecule has 4 atom stereocenters. The fourth-order valence-electron chi connectivity index (χ4n) is 6.28. The minimum absolute atomic E-state index is 0.0645. The number of nitrogens with one attached hydrogen (secondary N) is 5. The van der Waals surface area contributed by atoms with Crippen LogP contribution in [0.1, 0.15) is 92.6 Å². The molecule has 3 aromatic rings. The van der Waals surface area contributed by atoms with Crippen LogP contribution in [-0.4, -0.2) is 91.3 Å². The van der Waals surface area contributed by atoms with Gasteiger partial charge in [-0.15, -0.1) is 0 Å². The van der Waals surface area contributed by atoms with E-state index in [2.05, 4.69) is 45.6 Å². The number of nitrogens with two attached hydrogens (primary N) is 2. The van der Waals surface area contributed by atoms with Gasteiger partial charge in [0.2, 0.25) is 11.8 Å². The largest absolute Gasteiger partial charge is 0.481 e. The van der Waals surface area contributed by atoms with Crippen molar-refractivity contribution in [3.8, 4) is 11.1 Å². The van der Waals surface area contributed by atoms with E-state index in [1.807, 2.05) is 42.5 Å². The Morgan fingerprint density at radius 2 is 1.26 bits per heavy atom. The number of hydrogen-bond acceptors (Lipinski definition) is 11. The number of rotatable bonds is 27. The molecule has 17 heteroatoms. The Morgan fingerprint density at radius 3 is 1.89 bits per heavy atom. The number of carboxylic acid groups (broad SMARTS) is 1. The molecule has 3 aromatic carbocycles. The first-order valence-corrected chi connectivity index (χ1v) is 21.0. The summed E-state index contributed by atoms with van der Waals surface area (Å²) in [6, 6.07) is 20.5. The maximum Gasteiger partial charge on any atom is 0.407 e. The Balaban J connectivity index is 1.72. The lowest BCUT2D eigenvalue weighted by atomic mass is 10.0. The number of amides is 5. The number of carbonyl (C=O) groups is 7. The third kappa shape index (κ3) is 18.1. The van der Waals surface area contributed by atoms with Crippen molar-refractivity contribution < 1.29 is 48.1 Å². The van der Waals surface area contributed by atoms with Crippen molar-refractivity contribution in [3.63, 3.8) is 0 Å². The first-order chi connectivity index (χ1) is 29.8. The Labute approximate surface area is 362 Å². The highest BCUT2D eigenvalue weighted by Crippen LogP contribution is 2.21. The Bertz CT molecular complexity index is 1890. The van der Waals surface area contributed by atoms with Gasteiger partial charge in [-0.2, -0.15) is 0 Å². The summed E-state index contributed by atoms with van der Waals surface area (Å²) in [5, 5.41) is 22.0. The van der Waals surface area contributed by atoms with Crippen LogP contribution < -0.4 is 38.1 Å². The molecule has 0 saturated carbocycles. The van der Waals surface area contributed by atoms with Crippen LogP contribution in [0.15, 0.2) is 78.9 Å². The normalized spacial score (nSPS) is 12.7. The van der Waals surface area contributed by atoms with E-state index < -0.39 is 72.4 Å². The van der Waals surface area contributed by atoms with Gasteiger partial charge in [0.1, 0.15) is 24.7 Å². The van der Waals surface area contributed by atoms with Gasteiger partial charge in [0.25, 0.3) is 11.8 Å². The minimum atomic E-state index is -1.70. The number of benzene rings is 3. The maximum atomic E-state index is 13.9. The molecule has 336 valence electrons. The van der Waals surface area contributed by atoms with Crippen molar-refractivity contribution in [2.75, 3.05) is 20.2 Å². The minimum Gasteiger partial charge on any atom is -0.481 e. The van der Waals surface area contributed by atoms with Crippen LogP contribution in [-0.2, 0) is 46.5 Å². The van der Waals surface area contributed by atoms with Crippen molar-refractivity contribution >= 4 is 41.7 Å². The van der Waals surface area contributed by atoms with Crippen molar-refractivity contribution in [1.82, 2.24) is 26.6 Å². The van der Waals surface area contributed by atoms with Crippen LogP contribution in [0, 0.1) is 0 Å². The van der Waals surface area contributed by atoms with Crippen LogP contribution in [0.5, 0.6) is 0 Å². The summed E-state index contributed by atoms with van der Waals surface area (Å²) in [7, 11) is 1.16. The fourth-order valence-corrected chi connectivity index (χ4v) is 6.28. The summed E-state index contributed by atoms with van der Waals surface area (Å²) < 4.78 is 10.0. The summed E-state index contributed by atoms with van der Waals surface area (Å²) in [5.41, 5.74) is 15.7. The fraction of sp³-hybridized carbons (Fsp3) is 0.444. The molecule has 17 nitrogen and oxygen atoms in total. The molecule has 0 heterocycles. The van der Waals surface area contributed by atoms with Gasteiger partial charge in [-0.1, -0.05) is 80.1 Å². The van der Waals surface area contributed by atoms with Gasteiger partial charge in [0.15, 0.2) is 6.17 Å². The average Bonchev–Trinajstić information content (AvgIpc) is 3.28. The topological polar surface area (TPSA) is 270 Å². The highest BCUT2D eigenvalue weighted by Gasteiger charge is 2.31. The zero-order chi connectivity index (χ0) is 45.3. The van der Waals surface area contributed by atoms with Gasteiger partial charge in [-0.05, 0) is 98.7 Å². The number of methoxy groups -OCH3 is 1. The van der Waals surface area contributed by atoms with Crippen molar-refractivity contribution in [3.05, 3.63) is 95.6 Å². The highest BCUT2D eigenvalue weighted by atomic mass is 16.5. The van der Waals surface area contributed by atoms with E-state index in [4.69, 9.17) is 20.9 Å². The predicted octanol–water partition coefficient (Wildman–Crippen LogP) is 3.43. The van der Waals surface area contributed by atoms with E-state index in [0.29, 0.717) is 32.2 Å². The second-order valence-corrected chi connectivity index (χ2v) is 14.7. The molecule has 0 spiro atoms. The van der Waals surface area contributed by atoms with Gasteiger partial charge >= 0.3 is 18.0 Å². The number of hydrogen-bond donors (Lipinski definition) is 8. The van der Waals surface area contributed by atoms with Gasteiger partial charge < -0.3 is 52.6 Å². The molecule has 0 aromatic heterocycles. The molecule has 0 bridgehead atoms. The number of esters is 1. The molecular weight excluding hydrogens is 799 g/mol. The lowest BCUT2D eigenvalue weighted by Gasteiger charge is -2.25. The molecule has 0 aliphatic carbocycles. The van der Waals surface area contributed by atoms with Crippen LogP contribution in [0.4, 0.5) is 4.79 Å². The van der Waals surface area contributed by atoms with E-state index in [9.17, 15) is 38.7 Å². The average molecular weight is 860 g/mol. The van der Waals surface area contributed by atoms with E-state index in [1.165, 1.54) is 5.56 Å². The molecule has 0 aliphatic rings. The molecular formula is C45H61N7O10. The van der Waals surface area contributed by atoms with Crippen molar-refractivity contribution in [1.29, 1.82) is 0 Å². The maximum absolute atomic E-state index is 13.9. The number of unbranched alkanes of at least 4 members (excludes halogenated alkanes) is 3. The standard InChI is InChI=1S/C45H61N7O10/c1-3-4-12-30-17-19-32(20-18-30)33-21-23-34(24-22-33)40(55)49-35(15-9-11-28-48-45(60)62-29-31-13-6-5-7-14-31)41(56)50-36(25-26-38(53)54)42(57)52-39(47)43(58)51-37(44(59)61-2)16-8-10-27-46/h5-7,13-14,17-24,35-37,39H,3-4,8-12,15-16,25-29,46-47H2,1-2H3,(H,48,60)(H,49,55)(H,50,56)(H,51,58)(H,52,57)(H,53,54)/t35-,36-,37-,39+/m0/s1. The van der Waals surface area contributed by atoms with Crippen LogP contribution >= 0.6 is 0 Å². The Morgan fingerprint density at radius 1 is 0.661 bits per heavy atom. The number of alkyl carbamates (subject to hydrolysis) is 1. The number of ether oxygens (including phenoxy) is 2. The second-order valence-electron chi connectivity index (χ2n) is 14.7. The molecule has 62 heavy (non-hydrogen) atoms. The SMILES string of the molecule is CCCCc1ccc(-c2ccc(C(=O)N[C@@H](CCCCNC(=O)OCc3ccccc3)C(=O)N[C@@H](CCC(=O)O)C(=O)N[C@@H](N)C(=O)N[C@@H](CCCCN)C(=O)OC)cc2)cc1. The molecule has 0 saturated heterocycles. The first-order valence-electron chi connectivity index (χ1n) is 21.0. The summed E-state index contributed by atoms with van der Waals surface area (Å²) in [5.74, 6) is -5.27. The van der Waals surface area contributed by atoms with E-state index >= 15 is 0 Å². The van der Waals surface area contributed by atoms with Gasteiger partial charge in [-0.25, -0.2) is 9.59 Å². The zero-order valence-electron chi connectivity index (χ0n) is 35.5. The second kappa shape index (κ2) is 27.5. The molecule has 5 amide bonds. The molecule has 0 aliphatic heterocycles.